The van der Waals surface area contributed by atoms with E-state index in [1.165, 1.54) is 12.1 Å². The van der Waals surface area contributed by atoms with Gasteiger partial charge in [-0.2, -0.15) is 13.2 Å². The lowest BCUT2D eigenvalue weighted by atomic mass is 10.2. The number of ether oxygens (including phenoxy) is 2. The van der Waals surface area contributed by atoms with Crippen molar-refractivity contribution in [3.05, 3.63) is 53.5 Å². The summed E-state index contributed by atoms with van der Waals surface area (Å²) in [6.45, 7) is 0.0578. The standard InChI is InChI=1S/C17H14F4N2O4/c18-11-1-3-13(4-2-11)27-15-6-10(17(19,20)21)5-12(22-15)9-26-14-7-23(8-14)16(24)25/h1-6,14H,7-9H2,(H,24,25). The smallest absolute Gasteiger partial charge is 0.416 e. The van der Waals surface area contributed by atoms with E-state index in [0.717, 1.165) is 29.2 Å². The van der Waals surface area contributed by atoms with Crippen LogP contribution in [0.3, 0.4) is 0 Å². The van der Waals surface area contributed by atoms with Crippen molar-refractivity contribution in [2.75, 3.05) is 13.1 Å². The minimum Gasteiger partial charge on any atom is -0.465 e. The quantitative estimate of drug-likeness (QED) is 0.789. The van der Waals surface area contributed by atoms with Gasteiger partial charge in [-0.15, -0.1) is 0 Å². The Bertz CT molecular complexity index is 821. The summed E-state index contributed by atoms with van der Waals surface area (Å²) in [7, 11) is 0. The molecule has 1 aromatic carbocycles. The van der Waals surface area contributed by atoms with Gasteiger partial charge < -0.3 is 19.5 Å². The molecule has 2 aromatic rings. The number of carboxylic acid groups (broad SMARTS) is 1. The van der Waals surface area contributed by atoms with Crippen LogP contribution in [0.2, 0.25) is 0 Å². The van der Waals surface area contributed by atoms with Crippen LogP contribution >= 0.6 is 0 Å². The van der Waals surface area contributed by atoms with Crippen LogP contribution < -0.4 is 4.74 Å². The Labute approximate surface area is 150 Å². The zero-order valence-corrected chi connectivity index (χ0v) is 13.7. The predicted octanol–water partition coefficient (Wildman–Crippen LogP) is 3.91. The second-order valence-corrected chi connectivity index (χ2v) is 5.86. The van der Waals surface area contributed by atoms with Gasteiger partial charge in [-0.3, -0.25) is 0 Å². The van der Waals surface area contributed by atoms with Gasteiger partial charge in [0.15, 0.2) is 0 Å². The number of alkyl halides is 3. The largest absolute Gasteiger partial charge is 0.465 e. The Balaban J connectivity index is 1.72. The maximum Gasteiger partial charge on any atom is 0.416 e. The highest BCUT2D eigenvalue weighted by Gasteiger charge is 2.33. The lowest BCUT2D eigenvalue weighted by Crippen LogP contribution is -2.54. The molecular formula is C17H14F4N2O4. The zero-order valence-electron chi connectivity index (χ0n) is 13.7. The van der Waals surface area contributed by atoms with E-state index in [0.29, 0.717) is 0 Å². The maximum atomic E-state index is 13.1. The van der Waals surface area contributed by atoms with Crippen LogP contribution in [0.15, 0.2) is 36.4 Å². The summed E-state index contributed by atoms with van der Waals surface area (Å²) >= 11 is 0. The first-order valence-corrected chi connectivity index (χ1v) is 7.82. The molecule has 0 saturated carbocycles. The van der Waals surface area contributed by atoms with E-state index in [2.05, 4.69) is 4.98 Å². The number of pyridine rings is 1. The van der Waals surface area contributed by atoms with Crippen LogP contribution in [0.5, 0.6) is 11.6 Å². The Kier molecular flexibility index (Phi) is 5.17. The summed E-state index contributed by atoms with van der Waals surface area (Å²) in [6.07, 6.45) is -6.10. The number of halogens is 4. The summed E-state index contributed by atoms with van der Waals surface area (Å²) in [5.41, 5.74) is -0.982. The lowest BCUT2D eigenvalue weighted by molar-refractivity contribution is -0.137. The van der Waals surface area contributed by atoms with E-state index in [1.807, 2.05) is 0 Å². The number of nitrogens with zero attached hydrogens (tertiary/aromatic N) is 2. The molecule has 3 rings (SSSR count). The van der Waals surface area contributed by atoms with Gasteiger partial charge in [-0.05, 0) is 30.3 Å². The summed E-state index contributed by atoms with van der Waals surface area (Å²) in [5.74, 6) is -0.689. The van der Waals surface area contributed by atoms with Gasteiger partial charge >= 0.3 is 12.3 Å². The summed E-state index contributed by atoms with van der Waals surface area (Å²) in [6, 6.07) is 6.33. The van der Waals surface area contributed by atoms with Crippen molar-refractivity contribution in [3.8, 4) is 11.6 Å². The Morgan fingerprint density at radius 3 is 2.48 bits per heavy atom. The molecule has 0 radical (unpaired) electrons. The normalized spacial score (nSPS) is 14.7. The molecule has 1 aromatic heterocycles. The number of amides is 1. The highest BCUT2D eigenvalue weighted by atomic mass is 19.4. The van der Waals surface area contributed by atoms with E-state index in [-0.39, 0.29) is 37.0 Å². The Morgan fingerprint density at radius 2 is 1.89 bits per heavy atom. The van der Waals surface area contributed by atoms with Crippen molar-refractivity contribution in [2.45, 2.75) is 18.9 Å². The molecule has 27 heavy (non-hydrogen) atoms. The van der Waals surface area contributed by atoms with Crippen molar-refractivity contribution < 1.29 is 36.9 Å². The molecule has 6 nitrogen and oxygen atoms in total. The average molecular weight is 386 g/mol. The third-order valence-electron chi connectivity index (χ3n) is 3.80. The van der Waals surface area contributed by atoms with E-state index in [1.54, 1.807) is 0 Å². The minimum absolute atomic E-state index is 0.0179. The highest BCUT2D eigenvalue weighted by molar-refractivity contribution is 5.66. The molecule has 10 heteroatoms. The van der Waals surface area contributed by atoms with Gasteiger partial charge in [-0.1, -0.05) is 0 Å². The first-order valence-electron chi connectivity index (χ1n) is 7.82. The van der Waals surface area contributed by atoms with Crippen molar-refractivity contribution in [3.63, 3.8) is 0 Å². The number of hydrogen-bond donors (Lipinski definition) is 1. The van der Waals surface area contributed by atoms with Crippen LogP contribution in [0.1, 0.15) is 11.3 Å². The number of likely N-dealkylation sites (tertiary alicyclic amines) is 1. The first-order chi connectivity index (χ1) is 12.7. The summed E-state index contributed by atoms with van der Waals surface area (Å²) in [4.78, 5) is 15.8. The van der Waals surface area contributed by atoms with Crippen molar-refractivity contribution >= 4 is 6.09 Å². The second kappa shape index (κ2) is 7.39. The predicted molar refractivity (Wildman–Crippen MR) is 83.9 cm³/mol. The van der Waals surface area contributed by atoms with Crippen molar-refractivity contribution in [2.24, 2.45) is 0 Å². The lowest BCUT2D eigenvalue weighted by Gasteiger charge is -2.36. The van der Waals surface area contributed by atoms with Gasteiger partial charge in [0.25, 0.3) is 0 Å². The molecule has 1 fully saturated rings. The van der Waals surface area contributed by atoms with E-state index in [4.69, 9.17) is 14.6 Å². The molecule has 1 aliphatic rings. The molecule has 1 amide bonds. The molecule has 144 valence electrons. The van der Waals surface area contributed by atoms with Gasteiger partial charge in [0.1, 0.15) is 11.6 Å². The number of hydrogen-bond acceptors (Lipinski definition) is 4. The molecule has 0 aliphatic carbocycles. The van der Waals surface area contributed by atoms with Crippen LogP contribution in [-0.2, 0) is 17.5 Å². The fraction of sp³-hybridized carbons (Fsp3) is 0.294. The molecule has 0 spiro atoms. The van der Waals surface area contributed by atoms with Crippen LogP contribution in [0.25, 0.3) is 0 Å². The summed E-state index contributed by atoms with van der Waals surface area (Å²) < 4.78 is 62.9. The second-order valence-electron chi connectivity index (χ2n) is 5.86. The van der Waals surface area contributed by atoms with Gasteiger partial charge in [0, 0.05) is 6.07 Å². The van der Waals surface area contributed by atoms with Gasteiger partial charge in [-0.25, -0.2) is 14.2 Å². The summed E-state index contributed by atoms with van der Waals surface area (Å²) in [5, 5.41) is 8.75. The van der Waals surface area contributed by atoms with Gasteiger partial charge in [0.05, 0.1) is 37.1 Å². The average Bonchev–Trinajstić information content (AvgIpc) is 2.54. The fourth-order valence-electron chi connectivity index (χ4n) is 2.38. The van der Waals surface area contributed by atoms with Crippen LogP contribution in [-0.4, -0.2) is 40.3 Å². The Hall–Kier alpha value is -2.88. The van der Waals surface area contributed by atoms with E-state index < -0.39 is 29.8 Å². The van der Waals surface area contributed by atoms with E-state index >= 15 is 0 Å². The number of benzene rings is 1. The topological polar surface area (TPSA) is 71.9 Å². The third kappa shape index (κ3) is 4.85. The molecule has 1 saturated heterocycles. The highest BCUT2D eigenvalue weighted by Crippen LogP contribution is 2.33. The molecular weight excluding hydrogens is 372 g/mol. The number of carbonyl (C=O) groups is 1. The monoisotopic (exact) mass is 386 g/mol. The van der Waals surface area contributed by atoms with Gasteiger partial charge in [0.2, 0.25) is 5.88 Å². The minimum atomic E-state index is -4.62. The van der Waals surface area contributed by atoms with Crippen LogP contribution in [0, 0.1) is 5.82 Å². The molecule has 1 N–H and O–H groups in total. The molecule has 0 bridgehead atoms. The third-order valence-corrected chi connectivity index (χ3v) is 3.80. The van der Waals surface area contributed by atoms with Crippen molar-refractivity contribution in [1.82, 2.24) is 9.88 Å². The zero-order chi connectivity index (χ0) is 19.6. The molecule has 0 unspecified atom stereocenters. The molecule has 0 atom stereocenters. The Morgan fingerprint density at radius 1 is 1.22 bits per heavy atom. The number of aromatic nitrogens is 1. The number of rotatable bonds is 5. The maximum absolute atomic E-state index is 13.1. The van der Waals surface area contributed by atoms with Crippen LogP contribution in [0.4, 0.5) is 22.4 Å². The van der Waals surface area contributed by atoms with Crippen molar-refractivity contribution in [1.29, 1.82) is 0 Å². The first kappa shape index (κ1) is 18.9. The SMILES string of the molecule is O=C(O)N1CC(OCc2cc(C(F)(F)F)cc(Oc3ccc(F)cc3)n2)C1. The molecule has 2 heterocycles. The fourth-order valence-corrected chi connectivity index (χ4v) is 2.38. The van der Waals surface area contributed by atoms with E-state index in [9.17, 15) is 22.4 Å². The molecule has 1 aliphatic heterocycles.